The Bertz CT molecular complexity index is 336. The standard InChI is InChI=1S/C12H19N3/c1-2-4-10-8-14-7-9-5-3-6-11(13)12(9)15-10/h3,5-6,10,14-15H,2,4,7-8,13H2,1H3. The summed E-state index contributed by atoms with van der Waals surface area (Å²) in [5.74, 6) is 0. The SMILES string of the molecule is CCCC1CNCc2cccc(N)c2N1. The van der Waals surface area contributed by atoms with Crippen LogP contribution in [0.3, 0.4) is 0 Å². The van der Waals surface area contributed by atoms with Crippen molar-refractivity contribution in [3.63, 3.8) is 0 Å². The fourth-order valence-corrected chi connectivity index (χ4v) is 2.10. The summed E-state index contributed by atoms with van der Waals surface area (Å²) in [6.07, 6.45) is 2.38. The van der Waals surface area contributed by atoms with E-state index < -0.39 is 0 Å². The van der Waals surface area contributed by atoms with Gasteiger partial charge in [0.2, 0.25) is 0 Å². The second kappa shape index (κ2) is 4.53. The van der Waals surface area contributed by atoms with E-state index in [1.54, 1.807) is 0 Å². The lowest BCUT2D eigenvalue weighted by Crippen LogP contribution is -2.29. The van der Waals surface area contributed by atoms with Crippen LogP contribution in [0.2, 0.25) is 0 Å². The van der Waals surface area contributed by atoms with Gasteiger partial charge in [-0.2, -0.15) is 0 Å². The van der Waals surface area contributed by atoms with Crippen LogP contribution >= 0.6 is 0 Å². The second-order valence-corrected chi connectivity index (χ2v) is 4.14. The van der Waals surface area contributed by atoms with E-state index in [-0.39, 0.29) is 0 Å². The number of hydrogen-bond donors (Lipinski definition) is 3. The number of hydrogen-bond acceptors (Lipinski definition) is 3. The fraction of sp³-hybridized carbons (Fsp3) is 0.500. The summed E-state index contributed by atoms with van der Waals surface area (Å²) >= 11 is 0. The topological polar surface area (TPSA) is 50.1 Å². The summed E-state index contributed by atoms with van der Waals surface area (Å²) < 4.78 is 0. The molecule has 2 rings (SSSR count). The van der Waals surface area contributed by atoms with Gasteiger partial charge in [0.25, 0.3) is 0 Å². The molecule has 3 nitrogen and oxygen atoms in total. The third kappa shape index (κ3) is 2.23. The number of nitrogen functional groups attached to an aromatic ring is 1. The molecule has 1 aliphatic rings. The predicted molar refractivity (Wildman–Crippen MR) is 64.9 cm³/mol. The Morgan fingerprint density at radius 3 is 3.13 bits per heavy atom. The van der Waals surface area contributed by atoms with Crippen molar-refractivity contribution in [1.29, 1.82) is 0 Å². The van der Waals surface area contributed by atoms with E-state index in [9.17, 15) is 0 Å². The predicted octanol–water partition coefficient (Wildman–Crippen LogP) is 1.95. The van der Waals surface area contributed by atoms with Crippen molar-refractivity contribution in [2.24, 2.45) is 0 Å². The highest BCUT2D eigenvalue weighted by molar-refractivity contribution is 5.70. The van der Waals surface area contributed by atoms with Gasteiger partial charge in [-0.25, -0.2) is 0 Å². The quantitative estimate of drug-likeness (QED) is 0.647. The largest absolute Gasteiger partial charge is 0.397 e. The molecule has 0 bridgehead atoms. The maximum atomic E-state index is 5.98. The second-order valence-electron chi connectivity index (χ2n) is 4.14. The van der Waals surface area contributed by atoms with Gasteiger partial charge in [-0.15, -0.1) is 0 Å². The highest BCUT2D eigenvalue weighted by Crippen LogP contribution is 2.26. The number of nitrogens with one attached hydrogen (secondary N) is 2. The van der Waals surface area contributed by atoms with Crippen molar-refractivity contribution < 1.29 is 0 Å². The Balaban J connectivity index is 2.23. The lowest BCUT2D eigenvalue weighted by molar-refractivity contribution is 0.579. The Morgan fingerprint density at radius 1 is 1.47 bits per heavy atom. The zero-order valence-electron chi connectivity index (χ0n) is 9.22. The smallest absolute Gasteiger partial charge is 0.0622 e. The molecule has 0 amide bonds. The minimum atomic E-state index is 0.501. The average Bonchev–Trinajstić information content (AvgIpc) is 2.42. The van der Waals surface area contributed by atoms with Crippen LogP contribution in [0.15, 0.2) is 18.2 Å². The van der Waals surface area contributed by atoms with Gasteiger partial charge in [0.1, 0.15) is 0 Å². The van der Waals surface area contributed by atoms with Gasteiger partial charge in [0, 0.05) is 19.1 Å². The Kier molecular flexibility index (Phi) is 3.11. The van der Waals surface area contributed by atoms with E-state index in [0.717, 1.165) is 24.5 Å². The van der Waals surface area contributed by atoms with Crippen molar-refractivity contribution >= 4 is 11.4 Å². The summed E-state index contributed by atoms with van der Waals surface area (Å²) in [6, 6.07) is 6.60. The first-order chi connectivity index (χ1) is 7.31. The molecule has 1 heterocycles. The molecular weight excluding hydrogens is 186 g/mol. The van der Waals surface area contributed by atoms with Crippen molar-refractivity contribution in [1.82, 2.24) is 5.32 Å². The van der Waals surface area contributed by atoms with Crippen molar-refractivity contribution in [3.05, 3.63) is 23.8 Å². The van der Waals surface area contributed by atoms with Crippen LogP contribution in [0.4, 0.5) is 11.4 Å². The van der Waals surface area contributed by atoms with Crippen LogP contribution in [-0.2, 0) is 6.54 Å². The third-order valence-corrected chi connectivity index (χ3v) is 2.87. The van der Waals surface area contributed by atoms with E-state index in [4.69, 9.17) is 5.73 Å². The molecule has 1 atom stereocenters. The molecule has 0 aliphatic carbocycles. The molecule has 4 N–H and O–H groups in total. The summed E-state index contributed by atoms with van der Waals surface area (Å²) in [6.45, 7) is 4.14. The summed E-state index contributed by atoms with van der Waals surface area (Å²) in [5.41, 5.74) is 9.24. The molecule has 0 aromatic heterocycles. The minimum absolute atomic E-state index is 0.501. The number of nitrogens with two attached hydrogens (primary N) is 1. The first-order valence-corrected chi connectivity index (χ1v) is 5.66. The number of para-hydroxylation sites is 1. The molecule has 0 saturated carbocycles. The Labute approximate surface area is 91.1 Å². The van der Waals surface area contributed by atoms with Crippen molar-refractivity contribution in [2.45, 2.75) is 32.4 Å². The van der Waals surface area contributed by atoms with Crippen LogP contribution in [0.25, 0.3) is 0 Å². The zero-order valence-corrected chi connectivity index (χ0v) is 9.22. The molecule has 0 radical (unpaired) electrons. The van der Waals surface area contributed by atoms with E-state index in [1.165, 1.54) is 18.4 Å². The molecule has 0 spiro atoms. The fourth-order valence-electron chi connectivity index (χ4n) is 2.10. The molecule has 15 heavy (non-hydrogen) atoms. The first kappa shape index (κ1) is 10.3. The monoisotopic (exact) mass is 205 g/mol. The number of rotatable bonds is 2. The Morgan fingerprint density at radius 2 is 2.33 bits per heavy atom. The van der Waals surface area contributed by atoms with Gasteiger partial charge in [-0.3, -0.25) is 0 Å². The summed E-state index contributed by atoms with van der Waals surface area (Å²) in [5, 5.41) is 6.99. The number of anilines is 2. The lowest BCUT2D eigenvalue weighted by Gasteiger charge is -2.18. The molecule has 1 aromatic carbocycles. The van der Waals surface area contributed by atoms with E-state index in [2.05, 4.69) is 23.6 Å². The molecule has 0 fully saturated rings. The summed E-state index contributed by atoms with van der Waals surface area (Å²) in [4.78, 5) is 0. The van der Waals surface area contributed by atoms with Gasteiger partial charge >= 0.3 is 0 Å². The summed E-state index contributed by atoms with van der Waals surface area (Å²) in [7, 11) is 0. The molecule has 82 valence electrons. The van der Waals surface area contributed by atoms with Crippen molar-refractivity contribution in [3.8, 4) is 0 Å². The number of benzene rings is 1. The van der Waals surface area contributed by atoms with Crippen LogP contribution in [0.1, 0.15) is 25.3 Å². The molecule has 3 heteroatoms. The zero-order chi connectivity index (χ0) is 10.7. The molecule has 1 aliphatic heterocycles. The highest BCUT2D eigenvalue weighted by atomic mass is 15.0. The van der Waals surface area contributed by atoms with Gasteiger partial charge in [0.15, 0.2) is 0 Å². The van der Waals surface area contributed by atoms with Gasteiger partial charge in [0.05, 0.1) is 11.4 Å². The maximum Gasteiger partial charge on any atom is 0.0622 e. The molecular formula is C12H19N3. The van der Waals surface area contributed by atoms with Crippen molar-refractivity contribution in [2.75, 3.05) is 17.6 Å². The molecule has 0 saturated heterocycles. The van der Waals surface area contributed by atoms with E-state index in [1.807, 2.05) is 12.1 Å². The lowest BCUT2D eigenvalue weighted by atomic mass is 10.1. The van der Waals surface area contributed by atoms with Gasteiger partial charge in [-0.1, -0.05) is 25.5 Å². The van der Waals surface area contributed by atoms with Gasteiger partial charge in [-0.05, 0) is 18.1 Å². The number of fused-ring (bicyclic) bond motifs is 1. The molecule has 1 aromatic rings. The van der Waals surface area contributed by atoms with Crippen LogP contribution in [0, 0.1) is 0 Å². The minimum Gasteiger partial charge on any atom is -0.397 e. The normalized spacial score (nSPS) is 20.2. The Hall–Kier alpha value is -1.22. The van der Waals surface area contributed by atoms with Crippen LogP contribution < -0.4 is 16.4 Å². The van der Waals surface area contributed by atoms with E-state index in [0.29, 0.717) is 6.04 Å². The first-order valence-electron chi connectivity index (χ1n) is 5.66. The third-order valence-electron chi connectivity index (χ3n) is 2.87. The highest BCUT2D eigenvalue weighted by Gasteiger charge is 2.15. The van der Waals surface area contributed by atoms with Crippen LogP contribution in [-0.4, -0.2) is 12.6 Å². The molecule has 1 unspecified atom stereocenters. The van der Waals surface area contributed by atoms with Gasteiger partial charge < -0.3 is 16.4 Å². The van der Waals surface area contributed by atoms with Crippen LogP contribution in [0.5, 0.6) is 0 Å². The average molecular weight is 205 g/mol. The van der Waals surface area contributed by atoms with E-state index >= 15 is 0 Å². The maximum absolute atomic E-state index is 5.98.